The molecule has 3 N–H and O–H groups in total. The highest BCUT2D eigenvalue weighted by Crippen LogP contribution is 2.12. The van der Waals surface area contributed by atoms with E-state index in [-0.39, 0.29) is 29.4 Å². The summed E-state index contributed by atoms with van der Waals surface area (Å²) in [5.74, 6) is -1.21. The molecule has 0 aliphatic rings. The molecule has 8 heteroatoms. The first kappa shape index (κ1) is 15.5. The van der Waals surface area contributed by atoms with E-state index in [1.807, 2.05) is 13.8 Å². The van der Waals surface area contributed by atoms with Crippen LogP contribution in [-0.2, 0) is 11.3 Å². The Morgan fingerprint density at radius 2 is 2.14 bits per heavy atom. The number of hydrogen-bond donors (Lipinski definition) is 3. The van der Waals surface area contributed by atoms with Crippen LogP contribution in [0.4, 0.5) is 5.82 Å². The Hall–Kier alpha value is -2.90. The third-order valence-corrected chi connectivity index (χ3v) is 2.93. The molecule has 0 aliphatic carbocycles. The van der Waals surface area contributed by atoms with Gasteiger partial charge in [-0.25, -0.2) is 0 Å². The van der Waals surface area contributed by atoms with Crippen LogP contribution in [0.2, 0.25) is 0 Å². The van der Waals surface area contributed by atoms with Crippen LogP contribution in [0.25, 0.3) is 0 Å². The second-order valence-corrected chi connectivity index (χ2v) is 5.09. The van der Waals surface area contributed by atoms with Crippen LogP contribution in [0.3, 0.4) is 0 Å². The summed E-state index contributed by atoms with van der Waals surface area (Å²) in [5, 5.41) is 15.1. The number of carbonyl (C=O) groups excluding carboxylic acids is 1. The lowest BCUT2D eigenvalue weighted by atomic mass is 10.1. The summed E-state index contributed by atoms with van der Waals surface area (Å²) in [7, 11) is 0. The summed E-state index contributed by atoms with van der Waals surface area (Å²) in [4.78, 5) is 37.0. The van der Waals surface area contributed by atoms with Gasteiger partial charge in [-0.15, -0.1) is 0 Å². The van der Waals surface area contributed by atoms with E-state index in [4.69, 9.17) is 5.11 Å². The van der Waals surface area contributed by atoms with Crippen LogP contribution >= 0.6 is 0 Å². The minimum Gasteiger partial charge on any atom is -0.480 e. The van der Waals surface area contributed by atoms with Crippen LogP contribution in [0, 0.1) is 0 Å². The van der Waals surface area contributed by atoms with Crippen LogP contribution in [-0.4, -0.2) is 31.7 Å². The van der Waals surface area contributed by atoms with Crippen molar-refractivity contribution in [2.45, 2.75) is 26.3 Å². The Morgan fingerprint density at radius 3 is 2.77 bits per heavy atom. The van der Waals surface area contributed by atoms with Gasteiger partial charge in [0.2, 0.25) is 5.56 Å². The van der Waals surface area contributed by atoms with Gasteiger partial charge in [-0.1, -0.05) is 13.8 Å². The Bertz CT molecular complexity index is 760. The normalized spacial score (nSPS) is 10.7. The standard InChI is InChI=1S/C14H16N4O4/c1-8(2)10-5-9(6-12(19)15-10)14(22)16-11-3-4-18(17-11)7-13(20)21/h3-6,8H,7H2,1-2H3,(H,15,19)(H,20,21)(H,16,17,22). The third-order valence-electron chi connectivity index (χ3n) is 2.93. The number of nitrogens with one attached hydrogen (secondary N) is 2. The SMILES string of the molecule is CC(C)c1cc(C(=O)Nc2ccn(CC(=O)O)n2)cc(=O)[nH]1. The second kappa shape index (κ2) is 6.25. The van der Waals surface area contributed by atoms with Crippen LogP contribution < -0.4 is 10.9 Å². The Balaban J connectivity index is 2.17. The van der Waals surface area contributed by atoms with Crippen molar-refractivity contribution < 1.29 is 14.7 Å². The number of pyridine rings is 1. The van der Waals surface area contributed by atoms with Crippen molar-refractivity contribution in [2.75, 3.05) is 5.32 Å². The van der Waals surface area contributed by atoms with Crippen molar-refractivity contribution in [1.82, 2.24) is 14.8 Å². The van der Waals surface area contributed by atoms with Gasteiger partial charge in [0, 0.05) is 29.6 Å². The van der Waals surface area contributed by atoms with Gasteiger partial charge in [-0.3, -0.25) is 19.1 Å². The van der Waals surface area contributed by atoms with E-state index >= 15 is 0 Å². The molecule has 116 valence electrons. The highest BCUT2D eigenvalue weighted by atomic mass is 16.4. The third kappa shape index (κ3) is 3.81. The number of carboxylic acid groups (broad SMARTS) is 1. The molecule has 1 amide bonds. The van der Waals surface area contributed by atoms with Gasteiger partial charge in [0.15, 0.2) is 5.82 Å². The maximum atomic E-state index is 12.1. The first-order valence-corrected chi connectivity index (χ1v) is 6.66. The summed E-state index contributed by atoms with van der Waals surface area (Å²) >= 11 is 0. The number of nitrogens with zero attached hydrogens (tertiary/aromatic N) is 2. The summed E-state index contributed by atoms with van der Waals surface area (Å²) in [6.45, 7) is 3.51. The number of amides is 1. The molecule has 2 aromatic rings. The minimum atomic E-state index is -1.03. The van der Waals surface area contributed by atoms with Crippen molar-refractivity contribution in [3.05, 3.63) is 46.0 Å². The molecule has 0 unspecified atom stereocenters. The highest BCUT2D eigenvalue weighted by molar-refractivity contribution is 6.03. The zero-order chi connectivity index (χ0) is 16.3. The number of carbonyl (C=O) groups is 2. The molecular formula is C14H16N4O4. The Kier molecular flexibility index (Phi) is 4.40. The van der Waals surface area contributed by atoms with Crippen LogP contribution in [0.5, 0.6) is 0 Å². The lowest BCUT2D eigenvalue weighted by Gasteiger charge is -2.07. The summed E-state index contributed by atoms with van der Waals surface area (Å²) in [5.41, 5.74) is 0.530. The molecule has 2 rings (SSSR count). The monoisotopic (exact) mass is 304 g/mol. The Labute approximate surface area is 125 Å². The molecule has 2 heterocycles. The second-order valence-electron chi connectivity index (χ2n) is 5.09. The van der Waals surface area contributed by atoms with E-state index in [2.05, 4.69) is 15.4 Å². The first-order chi connectivity index (χ1) is 10.3. The molecule has 0 radical (unpaired) electrons. The number of aliphatic carboxylic acids is 1. The van der Waals surface area contributed by atoms with Crippen LogP contribution in [0.15, 0.2) is 29.2 Å². The van der Waals surface area contributed by atoms with Gasteiger partial charge in [-0.05, 0) is 12.0 Å². The molecule has 0 aliphatic heterocycles. The van der Waals surface area contributed by atoms with E-state index < -0.39 is 11.9 Å². The molecule has 0 saturated heterocycles. The zero-order valence-electron chi connectivity index (χ0n) is 12.2. The van der Waals surface area contributed by atoms with E-state index in [0.29, 0.717) is 5.69 Å². The van der Waals surface area contributed by atoms with Gasteiger partial charge < -0.3 is 15.4 Å². The van der Waals surface area contributed by atoms with E-state index in [9.17, 15) is 14.4 Å². The quantitative estimate of drug-likeness (QED) is 0.762. The first-order valence-electron chi connectivity index (χ1n) is 6.66. The van der Waals surface area contributed by atoms with Crippen molar-refractivity contribution >= 4 is 17.7 Å². The van der Waals surface area contributed by atoms with Gasteiger partial charge in [0.1, 0.15) is 6.54 Å². The Morgan fingerprint density at radius 1 is 1.41 bits per heavy atom. The van der Waals surface area contributed by atoms with Crippen molar-refractivity contribution in [3.8, 4) is 0 Å². The number of rotatable bonds is 5. The minimum absolute atomic E-state index is 0.0789. The molecule has 0 atom stereocenters. The number of H-pyrrole nitrogens is 1. The maximum Gasteiger partial charge on any atom is 0.325 e. The lowest BCUT2D eigenvalue weighted by molar-refractivity contribution is -0.137. The van der Waals surface area contributed by atoms with E-state index in [1.165, 1.54) is 23.0 Å². The van der Waals surface area contributed by atoms with Crippen LogP contribution in [0.1, 0.15) is 35.8 Å². The van der Waals surface area contributed by atoms with E-state index in [1.54, 1.807) is 6.07 Å². The van der Waals surface area contributed by atoms with Crippen molar-refractivity contribution in [1.29, 1.82) is 0 Å². The average Bonchev–Trinajstić information content (AvgIpc) is 2.84. The predicted octanol–water partition coefficient (Wildman–Crippen LogP) is 1.03. The topological polar surface area (TPSA) is 117 Å². The van der Waals surface area contributed by atoms with Gasteiger partial charge in [-0.2, -0.15) is 5.10 Å². The molecule has 0 saturated carbocycles. The summed E-state index contributed by atoms with van der Waals surface area (Å²) < 4.78 is 1.19. The van der Waals surface area contributed by atoms with Crippen molar-refractivity contribution in [3.63, 3.8) is 0 Å². The number of anilines is 1. The molecule has 0 bridgehead atoms. The number of hydrogen-bond acceptors (Lipinski definition) is 4. The largest absolute Gasteiger partial charge is 0.480 e. The summed E-state index contributed by atoms with van der Waals surface area (Å²) in [6, 6.07) is 4.29. The lowest BCUT2D eigenvalue weighted by Crippen LogP contribution is -2.18. The zero-order valence-corrected chi connectivity index (χ0v) is 12.2. The number of aromatic amines is 1. The molecule has 0 aromatic carbocycles. The number of aromatic nitrogens is 3. The fourth-order valence-corrected chi connectivity index (χ4v) is 1.85. The van der Waals surface area contributed by atoms with Crippen molar-refractivity contribution in [2.24, 2.45) is 0 Å². The molecule has 0 spiro atoms. The number of carboxylic acids is 1. The van der Waals surface area contributed by atoms with Gasteiger partial charge in [0.25, 0.3) is 5.91 Å². The summed E-state index contributed by atoms with van der Waals surface area (Å²) in [6.07, 6.45) is 1.45. The molecule has 2 aromatic heterocycles. The van der Waals surface area contributed by atoms with Gasteiger partial charge in [0.05, 0.1) is 0 Å². The van der Waals surface area contributed by atoms with Gasteiger partial charge >= 0.3 is 5.97 Å². The maximum absolute atomic E-state index is 12.1. The molecular weight excluding hydrogens is 288 g/mol. The molecule has 22 heavy (non-hydrogen) atoms. The fourth-order valence-electron chi connectivity index (χ4n) is 1.85. The highest BCUT2D eigenvalue weighted by Gasteiger charge is 2.12. The smallest absolute Gasteiger partial charge is 0.325 e. The predicted molar refractivity (Wildman–Crippen MR) is 79.0 cm³/mol. The molecule has 0 fully saturated rings. The average molecular weight is 304 g/mol. The fraction of sp³-hybridized carbons (Fsp3) is 0.286. The van der Waals surface area contributed by atoms with E-state index in [0.717, 1.165) is 0 Å². The molecule has 8 nitrogen and oxygen atoms in total.